The van der Waals surface area contributed by atoms with Crippen molar-refractivity contribution in [2.24, 2.45) is 5.73 Å². The van der Waals surface area contributed by atoms with Crippen molar-refractivity contribution in [3.05, 3.63) is 29.8 Å². The van der Waals surface area contributed by atoms with Crippen LogP contribution in [-0.4, -0.2) is 31.8 Å². The lowest BCUT2D eigenvalue weighted by atomic mass is 9.98. The first-order chi connectivity index (χ1) is 8.59. The van der Waals surface area contributed by atoms with E-state index in [1.807, 2.05) is 6.92 Å². The van der Waals surface area contributed by atoms with Gasteiger partial charge in [0.05, 0.1) is 12.1 Å². The Bertz CT molecular complexity index is 367. The standard InChI is InChI=1S/C15H26N2O/c1-5-17(14-10-8-7-9-13(14)3)15(4,11-16)12-18-6-2/h7-10H,5-6,11-12,16H2,1-4H3. The molecule has 0 aliphatic heterocycles. The fourth-order valence-corrected chi connectivity index (χ4v) is 2.28. The van der Waals surface area contributed by atoms with Crippen molar-refractivity contribution >= 4 is 5.69 Å². The van der Waals surface area contributed by atoms with Crippen LogP contribution in [0.1, 0.15) is 26.3 Å². The Morgan fingerprint density at radius 1 is 1.28 bits per heavy atom. The van der Waals surface area contributed by atoms with E-state index in [9.17, 15) is 0 Å². The molecule has 0 fully saturated rings. The van der Waals surface area contributed by atoms with E-state index in [1.165, 1.54) is 11.3 Å². The number of nitrogens with zero attached hydrogens (tertiary/aromatic N) is 1. The summed E-state index contributed by atoms with van der Waals surface area (Å²) < 4.78 is 5.61. The molecule has 1 aromatic carbocycles. The van der Waals surface area contributed by atoms with Crippen LogP contribution in [0, 0.1) is 6.92 Å². The normalized spacial score (nSPS) is 14.3. The minimum Gasteiger partial charge on any atom is -0.379 e. The molecule has 1 unspecified atom stereocenters. The Kier molecular flexibility index (Phi) is 5.63. The van der Waals surface area contributed by atoms with Crippen LogP contribution in [0.2, 0.25) is 0 Å². The minimum absolute atomic E-state index is 0.156. The van der Waals surface area contributed by atoms with Gasteiger partial charge in [-0.1, -0.05) is 18.2 Å². The number of hydrogen-bond acceptors (Lipinski definition) is 3. The molecular weight excluding hydrogens is 224 g/mol. The highest BCUT2D eigenvalue weighted by atomic mass is 16.5. The molecule has 0 aliphatic rings. The largest absolute Gasteiger partial charge is 0.379 e. The molecule has 0 saturated heterocycles. The molecule has 3 nitrogen and oxygen atoms in total. The van der Waals surface area contributed by atoms with Gasteiger partial charge < -0.3 is 15.4 Å². The lowest BCUT2D eigenvalue weighted by molar-refractivity contribution is 0.100. The van der Waals surface area contributed by atoms with Crippen molar-refractivity contribution in [2.45, 2.75) is 33.2 Å². The topological polar surface area (TPSA) is 38.5 Å². The number of nitrogens with two attached hydrogens (primary N) is 1. The highest BCUT2D eigenvalue weighted by Crippen LogP contribution is 2.27. The fraction of sp³-hybridized carbons (Fsp3) is 0.600. The van der Waals surface area contributed by atoms with Crippen LogP contribution in [0.5, 0.6) is 0 Å². The smallest absolute Gasteiger partial charge is 0.0728 e. The first kappa shape index (κ1) is 15.0. The van der Waals surface area contributed by atoms with Crippen LogP contribution in [-0.2, 0) is 4.74 Å². The van der Waals surface area contributed by atoms with Crippen molar-refractivity contribution in [1.29, 1.82) is 0 Å². The van der Waals surface area contributed by atoms with E-state index < -0.39 is 0 Å². The number of hydrogen-bond donors (Lipinski definition) is 1. The Labute approximate surface area is 111 Å². The summed E-state index contributed by atoms with van der Waals surface area (Å²) in [5.74, 6) is 0. The third-order valence-corrected chi connectivity index (χ3v) is 3.43. The Morgan fingerprint density at radius 2 is 1.94 bits per heavy atom. The highest BCUT2D eigenvalue weighted by molar-refractivity contribution is 5.55. The highest BCUT2D eigenvalue weighted by Gasteiger charge is 2.30. The van der Waals surface area contributed by atoms with Crippen molar-refractivity contribution < 1.29 is 4.74 Å². The van der Waals surface area contributed by atoms with Gasteiger partial charge in [0.15, 0.2) is 0 Å². The molecule has 0 spiro atoms. The first-order valence-corrected chi connectivity index (χ1v) is 6.70. The van der Waals surface area contributed by atoms with E-state index in [1.54, 1.807) is 0 Å². The molecular formula is C15H26N2O. The van der Waals surface area contributed by atoms with Crippen molar-refractivity contribution in [3.8, 4) is 0 Å². The van der Waals surface area contributed by atoms with E-state index in [4.69, 9.17) is 10.5 Å². The van der Waals surface area contributed by atoms with Crippen LogP contribution in [0.25, 0.3) is 0 Å². The molecule has 102 valence electrons. The lowest BCUT2D eigenvalue weighted by Gasteiger charge is -2.42. The maximum Gasteiger partial charge on any atom is 0.0728 e. The zero-order chi connectivity index (χ0) is 13.6. The van der Waals surface area contributed by atoms with Crippen LogP contribution in [0.3, 0.4) is 0 Å². The van der Waals surface area contributed by atoms with Crippen LogP contribution >= 0.6 is 0 Å². The minimum atomic E-state index is -0.156. The summed E-state index contributed by atoms with van der Waals surface area (Å²) in [6, 6.07) is 8.42. The number of rotatable bonds is 7. The second kappa shape index (κ2) is 6.76. The fourth-order valence-electron chi connectivity index (χ4n) is 2.28. The van der Waals surface area contributed by atoms with Crippen molar-refractivity contribution in [1.82, 2.24) is 0 Å². The summed E-state index contributed by atoms with van der Waals surface area (Å²) in [6.07, 6.45) is 0. The molecule has 1 atom stereocenters. The second-order valence-corrected chi connectivity index (χ2v) is 4.87. The second-order valence-electron chi connectivity index (χ2n) is 4.87. The van der Waals surface area contributed by atoms with E-state index in [-0.39, 0.29) is 5.54 Å². The number of para-hydroxylation sites is 1. The van der Waals surface area contributed by atoms with Gasteiger partial charge in [0, 0.05) is 25.4 Å². The predicted molar refractivity (Wildman–Crippen MR) is 78.2 cm³/mol. The molecule has 2 N–H and O–H groups in total. The number of likely N-dealkylation sites (N-methyl/N-ethyl adjacent to an activating group) is 1. The average molecular weight is 250 g/mol. The van der Waals surface area contributed by atoms with Crippen molar-refractivity contribution in [2.75, 3.05) is 31.2 Å². The molecule has 1 aromatic rings. The van der Waals surface area contributed by atoms with Gasteiger partial charge in [-0.25, -0.2) is 0 Å². The number of anilines is 1. The van der Waals surface area contributed by atoms with E-state index in [0.29, 0.717) is 13.2 Å². The summed E-state index contributed by atoms with van der Waals surface area (Å²) in [7, 11) is 0. The van der Waals surface area contributed by atoms with Crippen LogP contribution < -0.4 is 10.6 Å². The van der Waals surface area contributed by atoms with Gasteiger partial charge in [-0.3, -0.25) is 0 Å². The zero-order valence-corrected chi connectivity index (χ0v) is 12.1. The number of aryl methyl sites for hydroxylation is 1. The molecule has 18 heavy (non-hydrogen) atoms. The predicted octanol–water partition coefficient (Wildman–Crippen LogP) is 2.58. The molecule has 0 amide bonds. The molecule has 1 rings (SSSR count). The van der Waals surface area contributed by atoms with E-state index in [2.05, 4.69) is 49.9 Å². The van der Waals surface area contributed by atoms with E-state index >= 15 is 0 Å². The molecule has 0 radical (unpaired) electrons. The summed E-state index contributed by atoms with van der Waals surface area (Å²) in [4.78, 5) is 2.35. The molecule has 0 heterocycles. The van der Waals surface area contributed by atoms with Crippen LogP contribution in [0.15, 0.2) is 24.3 Å². The van der Waals surface area contributed by atoms with Gasteiger partial charge >= 0.3 is 0 Å². The van der Waals surface area contributed by atoms with Gasteiger partial charge in [-0.05, 0) is 39.3 Å². The molecule has 0 saturated carbocycles. The summed E-state index contributed by atoms with van der Waals surface area (Å²) in [5, 5.41) is 0. The zero-order valence-electron chi connectivity index (χ0n) is 12.1. The number of ether oxygens (including phenoxy) is 1. The molecule has 0 aromatic heterocycles. The summed E-state index contributed by atoms with van der Waals surface area (Å²) in [6.45, 7) is 11.4. The maximum absolute atomic E-state index is 5.99. The van der Waals surface area contributed by atoms with Crippen molar-refractivity contribution in [3.63, 3.8) is 0 Å². The molecule has 0 aliphatic carbocycles. The quantitative estimate of drug-likeness (QED) is 0.808. The molecule has 0 bridgehead atoms. The molecule has 3 heteroatoms. The Balaban J connectivity index is 3.03. The number of benzene rings is 1. The van der Waals surface area contributed by atoms with Gasteiger partial charge in [0.25, 0.3) is 0 Å². The van der Waals surface area contributed by atoms with Crippen LogP contribution in [0.4, 0.5) is 5.69 Å². The summed E-state index contributed by atoms with van der Waals surface area (Å²) >= 11 is 0. The SMILES string of the molecule is CCOCC(C)(CN)N(CC)c1ccccc1C. The Morgan fingerprint density at radius 3 is 2.44 bits per heavy atom. The third kappa shape index (κ3) is 3.24. The Hall–Kier alpha value is -1.06. The first-order valence-electron chi connectivity index (χ1n) is 6.70. The third-order valence-electron chi connectivity index (χ3n) is 3.43. The van der Waals surface area contributed by atoms with Gasteiger partial charge in [0.2, 0.25) is 0 Å². The van der Waals surface area contributed by atoms with Gasteiger partial charge in [-0.15, -0.1) is 0 Å². The maximum atomic E-state index is 5.99. The lowest BCUT2D eigenvalue weighted by Crippen LogP contribution is -2.55. The van der Waals surface area contributed by atoms with Gasteiger partial charge in [-0.2, -0.15) is 0 Å². The van der Waals surface area contributed by atoms with Gasteiger partial charge in [0.1, 0.15) is 0 Å². The summed E-state index contributed by atoms with van der Waals surface area (Å²) in [5.41, 5.74) is 8.35. The monoisotopic (exact) mass is 250 g/mol. The average Bonchev–Trinajstić information content (AvgIpc) is 2.39. The van der Waals surface area contributed by atoms with E-state index in [0.717, 1.165) is 13.2 Å².